The van der Waals surface area contributed by atoms with Crippen molar-refractivity contribution in [1.29, 1.82) is 0 Å². The number of likely N-dealkylation sites (tertiary alicyclic amines) is 1. The summed E-state index contributed by atoms with van der Waals surface area (Å²) in [4.78, 5) is 72.4. The van der Waals surface area contributed by atoms with Crippen LogP contribution >= 0.6 is 11.6 Å². The maximum atomic E-state index is 15.8. The number of aromatic nitrogens is 4. The van der Waals surface area contributed by atoms with Gasteiger partial charge in [0.25, 0.3) is 11.8 Å². The zero-order valence-corrected chi connectivity index (χ0v) is 33.5. The van der Waals surface area contributed by atoms with Crippen LogP contribution in [0.25, 0.3) is 16.8 Å². The summed E-state index contributed by atoms with van der Waals surface area (Å²) in [6, 6.07) is 12.8. The average Bonchev–Trinajstić information content (AvgIpc) is 3.94. The van der Waals surface area contributed by atoms with Crippen molar-refractivity contribution in [3.63, 3.8) is 0 Å². The minimum Gasteiger partial charge on any atom is -0.382 e. The van der Waals surface area contributed by atoms with E-state index in [4.69, 9.17) is 22.3 Å². The Labute approximate surface area is 349 Å². The molecule has 0 saturated carbocycles. The van der Waals surface area contributed by atoms with E-state index in [1.165, 1.54) is 18.3 Å². The molecule has 4 saturated heterocycles. The molecule has 5 aliphatic rings. The number of benzene rings is 2. The number of nitrogens with two attached hydrogens (primary N) is 1. The summed E-state index contributed by atoms with van der Waals surface area (Å²) in [5.74, 6) is -0.262. The van der Waals surface area contributed by atoms with Crippen LogP contribution in [0.15, 0.2) is 67.1 Å². The first-order chi connectivity index (χ1) is 29.0. The number of nitrogens with one attached hydrogen (secondary N) is 2. The molecule has 4 N–H and O–H groups in total. The molecule has 308 valence electrons. The number of pyridine rings is 1. The molecule has 1 unspecified atom stereocenters. The molecule has 0 radical (unpaired) electrons. The van der Waals surface area contributed by atoms with E-state index in [0.717, 1.165) is 76.3 Å². The van der Waals surface area contributed by atoms with Gasteiger partial charge >= 0.3 is 0 Å². The predicted molar refractivity (Wildman–Crippen MR) is 223 cm³/mol. The summed E-state index contributed by atoms with van der Waals surface area (Å²) in [7, 11) is 0. The highest BCUT2D eigenvalue weighted by Crippen LogP contribution is 2.43. The third kappa shape index (κ3) is 6.86. The van der Waals surface area contributed by atoms with Crippen LogP contribution in [-0.2, 0) is 16.1 Å². The van der Waals surface area contributed by atoms with Gasteiger partial charge in [0.05, 0.1) is 0 Å². The van der Waals surface area contributed by atoms with Crippen molar-refractivity contribution < 1.29 is 23.6 Å². The Kier molecular flexibility index (Phi) is 9.43. The number of fused-ring (bicyclic) bond motifs is 2. The summed E-state index contributed by atoms with van der Waals surface area (Å²) in [6.45, 7) is 7.02. The Morgan fingerprint density at radius 1 is 0.967 bits per heavy atom. The van der Waals surface area contributed by atoms with Gasteiger partial charge in [0.15, 0.2) is 0 Å². The number of rotatable bonds is 8. The van der Waals surface area contributed by atoms with Crippen LogP contribution in [0.5, 0.6) is 0 Å². The zero-order valence-electron chi connectivity index (χ0n) is 32.7. The average molecular weight is 832 g/mol. The first-order valence-corrected chi connectivity index (χ1v) is 20.7. The lowest BCUT2D eigenvalue weighted by Crippen LogP contribution is -2.61. The molecule has 5 aliphatic heterocycles. The molecular formula is C43H43ClFN11O4. The number of hydrogen-bond donors (Lipinski definition) is 3. The molecule has 0 bridgehead atoms. The Hall–Kier alpha value is -6.13. The SMILES string of the molecule is Nc1nccn2c(N3CCC4(CC3)CN(C[C@H]3CCN(c5ccc6c(c5)CN(C5CCC(=O)NC5=O)C6=O)C3)C4)nc(-c3ccc(C(=O)Nc4cc(Cl)ccn4)cc3F)c12. The summed E-state index contributed by atoms with van der Waals surface area (Å²) in [5.41, 5.74) is 10.5. The van der Waals surface area contributed by atoms with Crippen LogP contribution in [-0.4, -0.2) is 105 Å². The van der Waals surface area contributed by atoms with Gasteiger partial charge in [-0.1, -0.05) is 11.6 Å². The maximum Gasteiger partial charge on any atom is 0.256 e. The fourth-order valence-electron chi connectivity index (χ4n) is 9.84. The van der Waals surface area contributed by atoms with Gasteiger partial charge in [-0.15, -0.1) is 0 Å². The molecule has 8 heterocycles. The topological polar surface area (TPSA) is 174 Å². The Bertz CT molecular complexity index is 2590. The highest BCUT2D eigenvalue weighted by molar-refractivity contribution is 6.30. The molecule has 3 aromatic heterocycles. The van der Waals surface area contributed by atoms with Gasteiger partial charge in [-0.3, -0.25) is 28.9 Å². The molecule has 10 rings (SSSR count). The summed E-state index contributed by atoms with van der Waals surface area (Å²) in [6.07, 6.45) is 8.60. The van der Waals surface area contributed by atoms with E-state index >= 15 is 4.39 Å². The van der Waals surface area contributed by atoms with Gasteiger partial charge in [0, 0.05) is 105 Å². The number of halogens is 2. The predicted octanol–water partition coefficient (Wildman–Crippen LogP) is 4.61. The number of piperidine rings is 2. The maximum absolute atomic E-state index is 15.8. The number of nitrogen functional groups attached to an aromatic ring is 1. The second-order valence-corrected chi connectivity index (χ2v) is 17.2. The molecule has 2 aromatic carbocycles. The van der Waals surface area contributed by atoms with E-state index in [1.807, 2.05) is 16.5 Å². The minimum absolute atomic E-state index is 0.119. The van der Waals surface area contributed by atoms with E-state index in [0.29, 0.717) is 46.6 Å². The monoisotopic (exact) mass is 831 g/mol. The van der Waals surface area contributed by atoms with Gasteiger partial charge in [-0.05, 0) is 91.1 Å². The summed E-state index contributed by atoms with van der Waals surface area (Å²) < 4.78 is 17.7. The smallest absolute Gasteiger partial charge is 0.256 e. The highest BCUT2D eigenvalue weighted by Gasteiger charge is 2.46. The fourth-order valence-corrected chi connectivity index (χ4v) is 10.00. The summed E-state index contributed by atoms with van der Waals surface area (Å²) in [5, 5.41) is 5.44. The molecule has 15 nitrogen and oxygen atoms in total. The van der Waals surface area contributed by atoms with Gasteiger partial charge in [-0.25, -0.2) is 19.3 Å². The van der Waals surface area contributed by atoms with Crippen LogP contribution in [0.1, 0.15) is 58.4 Å². The zero-order chi connectivity index (χ0) is 41.3. The molecule has 4 fully saturated rings. The Balaban J connectivity index is 0.753. The lowest BCUT2D eigenvalue weighted by atomic mass is 9.71. The lowest BCUT2D eigenvalue weighted by Gasteiger charge is -2.54. The third-order valence-electron chi connectivity index (χ3n) is 12.9. The molecule has 2 atom stereocenters. The van der Waals surface area contributed by atoms with Gasteiger partial charge < -0.3 is 30.7 Å². The van der Waals surface area contributed by atoms with Crippen LogP contribution < -0.4 is 26.2 Å². The number of carbonyl (C=O) groups excluding carboxylic acids is 4. The van der Waals surface area contributed by atoms with Crippen LogP contribution in [0.4, 0.5) is 27.7 Å². The second-order valence-electron chi connectivity index (χ2n) is 16.8. The van der Waals surface area contributed by atoms with Gasteiger partial charge in [0.1, 0.15) is 34.7 Å². The Morgan fingerprint density at radius 2 is 1.78 bits per heavy atom. The van der Waals surface area contributed by atoms with Gasteiger partial charge in [0.2, 0.25) is 17.8 Å². The van der Waals surface area contributed by atoms with E-state index in [2.05, 4.69) is 41.4 Å². The van der Waals surface area contributed by atoms with E-state index in [1.54, 1.807) is 35.5 Å². The van der Waals surface area contributed by atoms with Crippen LogP contribution in [0.3, 0.4) is 0 Å². The van der Waals surface area contributed by atoms with Crippen molar-refractivity contribution >= 4 is 64.0 Å². The van der Waals surface area contributed by atoms with E-state index < -0.39 is 23.7 Å². The van der Waals surface area contributed by atoms with Crippen molar-refractivity contribution in [2.45, 2.75) is 44.7 Å². The van der Waals surface area contributed by atoms with Crippen LogP contribution in [0, 0.1) is 17.2 Å². The standard InChI is InChI=1S/C43H43ClFN11O4/c44-28-7-11-47-34(19-28)49-39(58)26-1-3-31(32(45)18-26)36-37-38(46)48-12-16-55(37)42(51-36)53-14-9-43(10-15-53)23-52(24-43)20-25-8-13-54(21-25)29-2-4-30-27(17-29)22-56(41(30)60)33-5-6-35(57)50-40(33)59/h1-4,7,11-12,16-19,25,33H,5-6,8-10,13-15,20-24H2,(H2,46,48)(H,47,49,58)(H,50,57,59)/t25-,33?/m1/s1. The number of hydrogen-bond acceptors (Lipinski definition) is 11. The van der Waals surface area contributed by atoms with Crippen molar-refractivity contribution in [2.75, 3.05) is 66.7 Å². The van der Waals surface area contributed by atoms with Crippen LogP contribution in [0.2, 0.25) is 5.02 Å². The number of amides is 4. The molecule has 4 amide bonds. The second kappa shape index (κ2) is 14.9. The van der Waals surface area contributed by atoms with Crippen molar-refractivity contribution in [2.24, 2.45) is 11.3 Å². The van der Waals surface area contributed by atoms with Gasteiger partial charge in [-0.2, -0.15) is 0 Å². The van der Waals surface area contributed by atoms with E-state index in [-0.39, 0.29) is 46.4 Å². The largest absolute Gasteiger partial charge is 0.382 e. The van der Waals surface area contributed by atoms with Crippen molar-refractivity contribution in [1.82, 2.24) is 34.5 Å². The fraction of sp³-hybridized carbons (Fsp3) is 0.372. The molecular weight excluding hydrogens is 789 g/mol. The summed E-state index contributed by atoms with van der Waals surface area (Å²) >= 11 is 6.02. The molecule has 1 spiro atoms. The first-order valence-electron chi connectivity index (χ1n) is 20.4. The number of nitrogens with zero attached hydrogens (tertiary/aromatic N) is 8. The molecule has 17 heteroatoms. The first kappa shape index (κ1) is 38.1. The molecule has 5 aromatic rings. The van der Waals surface area contributed by atoms with E-state index in [9.17, 15) is 19.2 Å². The molecule has 0 aliphatic carbocycles. The number of imidazole rings is 1. The number of imide groups is 1. The molecule has 60 heavy (non-hydrogen) atoms. The van der Waals surface area contributed by atoms with Crippen molar-refractivity contribution in [3.05, 3.63) is 94.7 Å². The highest BCUT2D eigenvalue weighted by atomic mass is 35.5. The Morgan fingerprint density at radius 3 is 2.57 bits per heavy atom. The quantitative estimate of drug-likeness (QED) is 0.187. The number of carbonyl (C=O) groups is 4. The number of anilines is 4. The third-order valence-corrected chi connectivity index (χ3v) is 13.1. The normalized spacial score (nSPS) is 21.4. The van der Waals surface area contributed by atoms with Crippen molar-refractivity contribution in [3.8, 4) is 11.3 Å². The lowest BCUT2D eigenvalue weighted by molar-refractivity contribution is -0.136. The minimum atomic E-state index is -0.617.